The van der Waals surface area contributed by atoms with Crippen LogP contribution in [0.1, 0.15) is 21.9 Å². The van der Waals surface area contributed by atoms with Crippen molar-refractivity contribution in [1.82, 2.24) is 5.32 Å². The topological polar surface area (TPSA) is 130 Å². The SMILES string of the molecule is Cl.O=[N+](O)c1ccc(CNCc2cccc3c2C(S(=O)(=O)c2ccccc2)CS3([O-])O)cc1. The molecule has 2 atom stereocenters. The molecule has 0 amide bonds. The summed E-state index contributed by atoms with van der Waals surface area (Å²) in [6.07, 6.45) is 0. The fourth-order valence-electron chi connectivity index (χ4n) is 3.87. The van der Waals surface area contributed by atoms with Crippen LogP contribution in [0.15, 0.2) is 82.6 Å². The van der Waals surface area contributed by atoms with Gasteiger partial charge in [0.2, 0.25) is 0 Å². The summed E-state index contributed by atoms with van der Waals surface area (Å²) in [5.74, 6) is -0.370. The van der Waals surface area contributed by atoms with Crippen LogP contribution in [-0.4, -0.2) is 33.4 Å². The summed E-state index contributed by atoms with van der Waals surface area (Å²) in [5, 5.41) is 11.0. The first kappa shape index (κ1) is 25.2. The highest BCUT2D eigenvalue weighted by Gasteiger charge is 2.40. The summed E-state index contributed by atoms with van der Waals surface area (Å²) < 4.78 is 50.0. The van der Waals surface area contributed by atoms with Crippen LogP contribution in [0.4, 0.5) is 5.69 Å². The molecule has 33 heavy (non-hydrogen) atoms. The van der Waals surface area contributed by atoms with Crippen molar-refractivity contribution in [2.45, 2.75) is 28.1 Å². The molecule has 1 aliphatic heterocycles. The lowest BCUT2D eigenvalue weighted by molar-refractivity contribution is -0.729. The molecular weight excluding hydrogens is 488 g/mol. The number of rotatable bonds is 7. The Balaban J connectivity index is 0.00000306. The Morgan fingerprint density at radius 1 is 1.00 bits per heavy atom. The van der Waals surface area contributed by atoms with Gasteiger partial charge in [0.15, 0.2) is 9.84 Å². The fraction of sp³-hybridized carbons (Fsp3) is 0.182. The van der Waals surface area contributed by atoms with Crippen molar-refractivity contribution < 1.29 is 27.7 Å². The minimum absolute atomic E-state index is 0. The zero-order chi connectivity index (χ0) is 22.9. The average Bonchev–Trinajstić information content (AvgIpc) is 3.07. The lowest BCUT2D eigenvalue weighted by Gasteiger charge is -2.42. The van der Waals surface area contributed by atoms with Gasteiger partial charge in [-0.25, -0.2) is 13.6 Å². The van der Waals surface area contributed by atoms with E-state index >= 15 is 0 Å². The van der Waals surface area contributed by atoms with Crippen molar-refractivity contribution in [2.24, 2.45) is 0 Å². The summed E-state index contributed by atoms with van der Waals surface area (Å²) in [4.78, 5) is 11.0. The molecule has 0 saturated heterocycles. The van der Waals surface area contributed by atoms with Gasteiger partial charge in [-0.05, 0) is 34.9 Å². The third-order valence-electron chi connectivity index (χ3n) is 5.45. The first-order valence-electron chi connectivity index (χ1n) is 9.81. The van der Waals surface area contributed by atoms with Gasteiger partial charge >= 0.3 is 5.69 Å². The molecule has 3 aromatic carbocycles. The maximum atomic E-state index is 13.3. The predicted octanol–water partition coefficient (Wildman–Crippen LogP) is 4.49. The Hall–Kier alpha value is -2.47. The molecule has 11 heteroatoms. The Bertz CT molecular complexity index is 1250. The van der Waals surface area contributed by atoms with E-state index in [1.54, 1.807) is 42.5 Å². The van der Waals surface area contributed by atoms with Crippen LogP contribution in [0.2, 0.25) is 0 Å². The normalized spacial score (nSPS) is 21.5. The van der Waals surface area contributed by atoms with E-state index in [4.69, 9.17) is 5.21 Å². The Morgan fingerprint density at radius 2 is 1.67 bits per heavy atom. The van der Waals surface area contributed by atoms with Gasteiger partial charge < -0.3 is 25.0 Å². The molecular formula is C22H23ClN2O6S2. The molecule has 1 aliphatic rings. The highest BCUT2D eigenvalue weighted by atomic mass is 35.5. The molecule has 0 spiro atoms. The molecule has 4 rings (SSSR count). The van der Waals surface area contributed by atoms with Crippen LogP contribution in [0.3, 0.4) is 0 Å². The van der Waals surface area contributed by atoms with Crippen LogP contribution < -0.4 is 5.32 Å². The van der Waals surface area contributed by atoms with Gasteiger partial charge in [0.25, 0.3) is 4.92 Å². The molecule has 0 bridgehead atoms. The zero-order valence-corrected chi connectivity index (χ0v) is 19.8. The Kier molecular flexibility index (Phi) is 7.47. The number of hydrogen-bond acceptors (Lipinski definition) is 6. The monoisotopic (exact) mass is 510 g/mol. The maximum Gasteiger partial charge on any atom is 0.316 e. The Labute approximate surface area is 199 Å². The van der Waals surface area contributed by atoms with Gasteiger partial charge in [-0.2, -0.15) is 0 Å². The third-order valence-corrected chi connectivity index (χ3v) is 9.57. The van der Waals surface area contributed by atoms with E-state index in [0.29, 0.717) is 17.7 Å². The predicted molar refractivity (Wildman–Crippen MR) is 126 cm³/mol. The average molecular weight is 511 g/mol. The van der Waals surface area contributed by atoms with E-state index in [0.717, 1.165) is 5.56 Å². The van der Waals surface area contributed by atoms with E-state index in [2.05, 4.69) is 5.32 Å². The van der Waals surface area contributed by atoms with Gasteiger partial charge in [0.1, 0.15) is 5.25 Å². The summed E-state index contributed by atoms with van der Waals surface area (Å²) in [6, 6.07) is 19.2. The molecule has 3 N–H and O–H groups in total. The van der Waals surface area contributed by atoms with E-state index < -0.39 is 25.7 Å². The van der Waals surface area contributed by atoms with Gasteiger partial charge in [-0.1, -0.05) is 42.5 Å². The van der Waals surface area contributed by atoms with Crippen molar-refractivity contribution in [3.05, 3.63) is 94.4 Å². The number of fused-ring (bicyclic) bond motifs is 1. The largest absolute Gasteiger partial charge is 0.764 e. The molecule has 0 fully saturated rings. The van der Waals surface area contributed by atoms with E-state index in [1.165, 1.54) is 30.3 Å². The molecule has 1 heterocycles. The molecule has 2 unspecified atom stereocenters. The highest BCUT2D eigenvalue weighted by molar-refractivity contribution is 8.25. The van der Waals surface area contributed by atoms with Crippen molar-refractivity contribution in [3.8, 4) is 0 Å². The number of hydrogen-bond donors (Lipinski definition) is 3. The van der Waals surface area contributed by atoms with Crippen molar-refractivity contribution in [2.75, 3.05) is 5.75 Å². The number of sulfone groups is 1. The van der Waals surface area contributed by atoms with Crippen molar-refractivity contribution in [3.63, 3.8) is 0 Å². The lowest BCUT2D eigenvalue weighted by Crippen LogP contribution is -2.19. The van der Waals surface area contributed by atoms with Gasteiger partial charge in [0.05, 0.1) is 9.80 Å². The summed E-state index contributed by atoms with van der Waals surface area (Å²) in [7, 11) is -7.33. The van der Waals surface area contributed by atoms with Gasteiger partial charge in [0, 0.05) is 35.9 Å². The second-order valence-corrected chi connectivity index (χ2v) is 11.7. The summed E-state index contributed by atoms with van der Waals surface area (Å²) >= 11 is 0. The van der Waals surface area contributed by atoms with Crippen molar-refractivity contribution >= 4 is 38.5 Å². The first-order chi connectivity index (χ1) is 15.2. The molecule has 0 radical (unpaired) electrons. The quantitative estimate of drug-likeness (QED) is 0.399. The fourth-order valence-corrected chi connectivity index (χ4v) is 8.33. The highest BCUT2D eigenvalue weighted by Crippen LogP contribution is 2.61. The summed E-state index contributed by atoms with van der Waals surface area (Å²) in [6.45, 7) is 0.702. The van der Waals surface area contributed by atoms with Gasteiger partial charge in [-0.3, -0.25) is 0 Å². The van der Waals surface area contributed by atoms with Crippen LogP contribution in [0.25, 0.3) is 0 Å². The van der Waals surface area contributed by atoms with E-state index in [-0.39, 0.29) is 45.1 Å². The van der Waals surface area contributed by atoms with Crippen LogP contribution in [0.5, 0.6) is 0 Å². The molecule has 8 nitrogen and oxygen atoms in total. The van der Waals surface area contributed by atoms with Crippen LogP contribution >= 0.6 is 23.0 Å². The van der Waals surface area contributed by atoms with Crippen LogP contribution in [-0.2, 0) is 22.9 Å². The smallest absolute Gasteiger partial charge is 0.316 e. The Morgan fingerprint density at radius 3 is 2.30 bits per heavy atom. The number of benzene rings is 3. The lowest BCUT2D eigenvalue weighted by atomic mass is 10.0. The number of nitrogens with zero attached hydrogens (tertiary/aromatic N) is 1. The maximum absolute atomic E-state index is 13.3. The van der Waals surface area contributed by atoms with E-state index in [1.807, 2.05) is 0 Å². The zero-order valence-electron chi connectivity index (χ0n) is 17.3. The van der Waals surface area contributed by atoms with Gasteiger partial charge in [-0.15, -0.1) is 12.4 Å². The van der Waals surface area contributed by atoms with Crippen molar-refractivity contribution in [1.29, 1.82) is 0 Å². The van der Waals surface area contributed by atoms with Crippen LogP contribution in [0, 0.1) is 4.91 Å². The second-order valence-electron chi connectivity index (χ2n) is 7.53. The minimum Gasteiger partial charge on any atom is -0.764 e. The standard InChI is InChI=1S/C22H22N2O6S2.ClH/c25-24(26)18-11-9-16(10-12-18)13-23-14-17-5-4-8-20-22(17)21(15-31(20,27)28)32(29,30)19-6-2-1-3-7-19;/h1-12,21,23H,13-15H2,(H2-,25,26,27,28);1H. The molecule has 3 aromatic rings. The second kappa shape index (κ2) is 9.80. The first-order valence-corrected chi connectivity index (χ1v) is 13.0. The molecule has 176 valence electrons. The molecule has 0 aromatic heterocycles. The molecule has 0 saturated carbocycles. The number of halogens is 1. The molecule has 0 aliphatic carbocycles. The minimum atomic E-state index is -3.86. The third kappa shape index (κ3) is 5.06. The van der Waals surface area contributed by atoms with E-state index in [9.17, 15) is 22.4 Å². The summed E-state index contributed by atoms with van der Waals surface area (Å²) in [5.41, 5.74) is 1.99. The number of nitrogens with one attached hydrogen (secondary N) is 1.